The van der Waals surface area contributed by atoms with Gasteiger partial charge < -0.3 is 10.1 Å². The molecule has 4 nitrogen and oxygen atoms in total. The largest absolute Gasteiger partial charge is 0.385 e. The molecule has 0 bridgehead atoms. The zero-order valence-electron chi connectivity index (χ0n) is 16.3. The molecule has 0 fully saturated rings. The number of pyridine rings is 2. The number of benzene rings is 1. The van der Waals surface area contributed by atoms with Crippen molar-refractivity contribution in [2.45, 2.75) is 39.3 Å². The Kier molecular flexibility index (Phi) is 9.19. The summed E-state index contributed by atoms with van der Waals surface area (Å²) in [6, 6.07) is 16.7. The number of aryl methyl sites for hydroxylation is 1. The number of ether oxygens (including phenoxy) is 1. The Bertz CT molecular complexity index is 808. The van der Waals surface area contributed by atoms with Crippen LogP contribution in [0.1, 0.15) is 31.0 Å². The van der Waals surface area contributed by atoms with Gasteiger partial charge in [0.1, 0.15) is 5.15 Å². The van der Waals surface area contributed by atoms with E-state index in [1.807, 2.05) is 31.2 Å². The number of hydrogen-bond donors (Lipinski definition) is 1. The Morgan fingerprint density at radius 2 is 1.96 bits per heavy atom. The van der Waals surface area contributed by atoms with Crippen molar-refractivity contribution in [3.8, 4) is 0 Å². The first-order chi connectivity index (χ1) is 13.1. The van der Waals surface area contributed by atoms with Gasteiger partial charge in [0.05, 0.1) is 11.2 Å². The van der Waals surface area contributed by atoms with Crippen molar-refractivity contribution in [3.63, 3.8) is 0 Å². The van der Waals surface area contributed by atoms with Crippen molar-refractivity contribution in [1.29, 1.82) is 0 Å². The average Bonchev–Trinajstić information content (AvgIpc) is 2.68. The van der Waals surface area contributed by atoms with Crippen molar-refractivity contribution in [1.82, 2.24) is 15.3 Å². The van der Waals surface area contributed by atoms with Crippen LogP contribution in [0.4, 0.5) is 0 Å². The van der Waals surface area contributed by atoms with Crippen molar-refractivity contribution < 1.29 is 4.74 Å². The standard InChI is InChI=1S/C16H22N2O.C6H6ClN/c1-3-14(10-11-19-2)17-12-15-9-8-13-6-4-5-7-16(13)18-15;1-5-2-3-8-6(7)4-5/h4-9,14,17H,3,10-12H2,1-2H3;2-4H,1H3/t14-;/m1./s1. The highest BCUT2D eigenvalue weighted by molar-refractivity contribution is 6.29. The van der Waals surface area contributed by atoms with E-state index >= 15 is 0 Å². The second kappa shape index (κ2) is 11.7. The van der Waals surface area contributed by atoms with Crippen molar-refractivity contribution in [3.05, 3.63) is 71.1 Å². The lowest BCUT2D eigenvalue weighted by atomic mass is 10.1. The predicted octanol–water partition coefficient (Wildman–Crippen LogP) is 5.18. The third-order valence-corrected chi connectivity index (χ3v) is 4.48. The van der Waals surface area contributed by atoms with E-state index in [4.69, 9.17) is 16.3 Å². The zero-order valence-corrected chi connectivity index (χ0v) is 17.0. The molecule has 5 heteroatoms. The summed E-state index contributed by atoms with van der Waals surface area (Å²) in [7, 11) is 1.75. The molecule has 0 aliphatic heterocycles. The third-order valence-electron chi connectivity index (χ3n) is 4.27. The van der Waals surface area contributed by atoms with Crippen LogP contribution >= 0.6 is 11.6 Å². The summed E-state index contributed by atoms with van der Waals surface area (Å²) >= 11 is 5.53. The number of nitrogens with one attached hydrogen (secondary N) is 1. The first-order valence-electron chi connectivity index (χ1n) is 9.27. The SMILES string of the molecule is CC[C@H](CCOC)NCc1ccc2ccccc2n1.Cc1ccnc(Cl)c1. The van der Waals surface area contributed by atoms with E-state index in [9.17, 15) is 0 Å². The topological polar surface area (TPSA) is 47.0 Å². The summed E-state index contributed by atoms with van der Waals surface area (Å²) in [6.45, 7) is 5.79. The monoisotopic (exact) mass is 385 g/mol. The van der Waals surface area contributed by atoms with Crippen LogP contribution in [-0.4, -0.2) is 29.7 Å². The second-order valence-corrected chi connectivity index (χ2v) is 6.81. The molecule has 0 aliphatic rings. The zero-order chi connectivity index (χ0) is 19.5. The highest BCUT2D eigenvalue weighted by Crippen LogP contribution is 2.12. The number of hydrogen-bond acceptors (Lipinski definition) is 4. The molecule has 27 heavy (non-hydrogen) atoms. The molecule has 1 atom stereocenters. The lowest BCUT2D eigenvalue weighted by Crippen LogP contribution is -2.29. The quantitative estimate of drug-likeness (QED) is 0.569. The van der Waals surface area contributed by atoms with Crippen LogP contribution in [0.25, 0.3) is 10.9 Å². The number of halogens is 1. The van der Waals surface area contributed by atoms with Gasteiger partial charge >= 0.3 is 0 Å². The normalized spacial score (nSPS) is 11.7. The molecule has 2 heterocycles. The molecule has 1 N–H and O–H groups in total. The van der Waals surface area contributed by atoms with Crippen LogP contribution in [0.15, 0.2) is 54.7 Å². The number of nitrogens with zero attached hydrogens (tertiary/aromatic N) is 2. The molecule has 0 aliphatic carbocycles. The van der Waals surface area contributed by atoms with Crippen molar-refractivity contribution in [2.75, 3.05) is 13.7 Å². The van der Waals surface area contributed by atoms with Gasteiger partial charge in [-0.25, -0.2) is 4.98 Å². The third kappa shape index (κ3) is 7.63. The Labute approximate surface area is 167 Å². The summed E-state index contributed by atoms with van der Waals surface area (Å²) < 4.78 is 5.13. The maximum Gasteiger partial charge on any atom is 0.129 e. The molecule has 0 radical (unpaired) electrons. The number of fused-ring (bicyclic) bond motifs is 1. The smallest absolute Gasteiger partial charge is 0.129 e. The highest BCUT2D eigenvalue weighted by atomic mass is 35.5. The lowest BCUT2D eigenvalue weighted by molar-refractivity contribution is 0.181. The maximum absolute atomic E-state index is 5.53. The van der Waals surface area contributed by atoms with Crippen LogP contribution in [-0.2, 0) is 11.3 Å². The van der Waals surface area contributed by atoms with Gasteiger partial charge in [0.25, 0.3) is 0 Å². The summed E-state index contributed by atoms with van der Waals surface area (Å²) in [4.78, 5) is 8.47. The van der Waals surface area contributed by atoms with Crippen LogP contribution in [0, 0.1) is 6.92 Å². The molecule has 144 valence electrons. The fourth-order valence-corrected chi connectivity index (χ4v) is 2.89. The van der Waals surface area contributed by atoms with Crippen molar-refractivity contribution >= 4 is 22.5 Å². The van der Waals surface area contributed by atoms with Crippen molar-refractivity contribution in [2.24, 2.45) is 0 Å². The number of rotatable bonds is 7. The first kappa shape index (κ1) is 21.3. The minimum Gasteiger partial charge on any atom is -0.385 e. The van der Waals surface area contributed by atoms with Crippen LogP contribution in [0.5, 0.6) is 0 Å². The van der Waals surface area contributed by atoms with E-state index in [1.165, 1.54) is 5.39 Å². The van der Waals surface area contributed by atoms with E-state index in [0.29, 0.717) is 11.2 Å². The van der Waals surface area contributed by atoms with Gasteiger partial charge in [0.2, 0.25) is 0 Å². The predicted molar refractivity (Wildman–Crippen MR) is 113 cm³/mol. The van der Waals surface area contributed by atoms with E-state index < -0.39 is 0 Å². The molecule has 0 saturated heterocycles. The lowest BCUT2D eigenvalue weighted by Gasteiger charge is -2.16. The van der Waals surface area contributed by atoms with Gasteiger partial charge in [-0.15, -0.1) is 0 Å². The van der Waals surface area contributed by atoms with Gasteiger partial charge in [0, 0.05) is 37.9 Å². The van der Waals surface area contributed by atoms with Gasteiger partial charge in [-0.3, -0.25) is 4.98 Å². The van der Waals surface area contributed by atoms with Gasteiger partial charge in [-0.1, -0.05) is 42.8 Å². The van der Waals surface area contributed by atoms with Gasteiger partial charge in [-0.2, -0.15) is 0 Å². The molecule has 0 saturated carbocycles. The summed E-state index contributed by atoms with van der Waals surface area (Å²) in [5.74, 6) is 0. The van der Waals surface area contributed by atoms with Gasteiger partial charge in [0.15, 0.2) is 0 Å². The highest BCUT2D eigenvalue weighted by Gasteiger charge is 2.06. The molecule has 3 rings (SSSR count). The Hall–Kier alpha value is -2.01. The van der Waals surface area contributed by atoms with E-state index in [0.717, 1.165) is 42.8 Å². The number of methoxy groups -OCH3 is 1. The minimum absolute atomic E-state index is 0.494. The summed E-state index contributed by atoms with van der Waals surface area (Å²) in [5, 5.41) is 5.30. The fraction of sp³-hybridized carbons (Fsp3) is 0.364. The first-order valence-corrected chi connectivity index (χ1v) is 9.65. The molecule has 0 spiro atoms. The Balaban J connectivity index is 0.000000273. The molecule has 3 aromatic rings. The van der Waals surface area contributed by atoms with E-state index in [2.05, 4.69) is 46.5 Å². The van der Waals surface area contributed by atoms with E-state index in [-0.39, 0.29) is 0 Å². The molecular formula is C22H28ClN3O. The average molecular weight is 386 g/mol. The number of aromatic nitrogens is 2. The molecule has 1 aromatic carbocycles. The summed E-state index contributed by atoms with van der Waals surface area (Å²) in [6.07, 6.45) is 3.84. The van der Waals surface area contributed by atoms with Gasteiger partial charge in [-0.05, 0) is 49.6 Å². The van der Waals surface area contributed by atoms with Crippen LogP contribution in [0.3, 0.4) is 0 Å². The molecule has 2 aromatic heterocycles. The fourth-order valence-electron chi connectivity index (χ4n) is 2.67. The Morgan fingerprint density at radius 3 is 2.63 bits per heavy atom. The Morgan fingerprint density at radius 1 is 1.15 bits per heavy atom. The molecule has 0 unspecified atom stereocenters. The van der Waals surface area contributed by atoms with E-state index in [1.54, 1.807) is 13.3 Å². The number of para-hydroxylation sites is 1. The minimum atomic E-state index is 0.494. The maximum atomic E-state index is 5.53. The molecule has 0 amide bonds. The van der Waals surface area contributed by atoms with Crippen LogP contribution < -0.4 is 5.32 Å². The van der Waals surface area contributed by atoms with Crippen LogP contribution in [0.2, 0.25) is 5.15 Å². The second-order valence-electron chi connectivity index (χ2n) is 6.42. The summed E-state index contributed by atoms with van der Waals surface area (Å²) in [5.41, 5.74) is 3.30. The molecular weight excluding hydrogens is 358 g/mol.